The van der Waals surface area contributed by atoms with Gasteiger partial charge in [-0.1, -0.05) is 0 Å². The van der Waals surface area contributed by atoms with Crippen molar-refractivity contribution in [3.63, 3.8) is 0 Å². The van der Waals surface area contributed by atoms with E-state index < -0.39 is 17.1 Å². The minimum Gasteiger partial charge on any atom is -0.417 e. The average molecular weight is 201 g/mol. The first-order chi connectivity index (χ1) is 6.13. The maximum atomic E-state index is 10.6. The quantitative estimate of drug-likeness (QED) is 0.317. The van der Waals surface area contributed by atoms with Crippen molar-refractivity contribution in [1.82, 2.24) is 0 Å². The monoisotopic (exact) mass is 201 g/mol. The maximum Gasteiger partial charge on any atom is 0.287 e. The van der Waals surface area contributed by atoms with Gasteiger partial charge in [-0.25, -0.2) is 0 Å². The van der Waals surface area contributed by atoms with Crippen LogP contribution in [0.1, 0.15) is 22.6 Å². The summed E-state index contributed by atoms with van der Waals surface area (Å²) in [6.45, 7) is 0. The third-order valence-corrected chi connectivity index (χ3v) is 3.04. The second-order valence-electron chi connectivity index (χ2n) is 2.74. The molecule has 2 atom stereocenters. The van der Waals surface area contributed by atoms with Gasteiger partial charge in [-0.05, 0) is 11.4 Å². The minimum absolute atomic E-state index is 0.332. The molecule has 0 saturated heterocycles. The Morgan fingerprint density at radius 2 is 2.08 bits per heavy atom. The molecular formula is C7H7NO4S. The van der Waals surface area contributed by atoms with Gasteiger partial charge >= 0.3 is 0 Å². The molecule has 1 aromatic heterocycles. The zero-order valence-corrected chi connectivity index (χ0v) is 7.23. The number of hydrogen-bond acceptors (Lipinski definition) is 5. The molecule has 70 valence electrons. The van der Waals surface area contributed by atoms with Crippen LogP contribution in [0.4, 0.5) is 0 Å². The topological polar surface area (TPSA) is 86.8 Å². The predicted octanol–water partition coefficient (Wildman–Crippen LogP) is 0.169. The molecule has 13 heavy (non-hydrogen) atoms. The molecule has 2 unspecified atom stereocenters. The van der Waals surface area contributed by atoms with E-state index in [0.717, 1.165) is 0 Å². The molecule has 0 aromatic carbocycles. The normalized spacial score (nSPS) is 30.3. The van der Waals surface area contributed by atoms with Crippen molar-refractivity contribution in [2.75, 3.05) is 0 Å². The largest absolute Gasteiger partial charge is 0.417 e. The lowest BCUT2D eigenvalue weighted by atomic mass is 10.2. The van der Waals surface area contributed by atoms with Crippen molar-refractivity contribution in [3.05, 3.63) is 27.1 Å². The molecule has 1 aliphatic carbocycles. The van der Waals surface area contributed by atoms with Crippen LogP contribution in [0.5, 0.6) is 0 Å². The van der Waals surface area contributed by atoms with Crippen LogP contribution in [0.2, 0.25) is 0 Å². The summed E-state index contributed by atoms with van der Waals surface area (Å²) in [5, 5.41) is 39.8. The van der Waals surface area contributed by atoms with Crippen LogP contribution in [0.15, 0.2) is 11.4 Å². The van der Waals surface area contributed by atoms with E-state index in [1.54, 1.807) is 11.4 Å². The maximum absolute atomic E-state index is 10.6. The summed E-state index contributed by atoms with van der Waals surface area (Å²) in [6.07, 6.45) is -2.38. The first kappa shape index (κ1) is 8.49. The molecule has 0 bridgehead atoms. The summed E-state index contributed by atoms with van der Waals surface area (Å²) in [7, 11) is 0. The van der Waals surface area contributed by atoms with Crippen LogP contribution in [-0.4, -0.2) is 26.0 Å². The van der Waals surface area contributed by atoms with Gasteiger partial charge in [0.05, 0.1) is 4.88 Å². The summed E-state index contributed by atoms with van der Waals surface area (Å²) in [5.41, 5.74) is 0.157. The molecule has 0 fully saturated rings. The number of aliphatic hydroxyl groups excluding tert-OH is 2. The summed E-state index contributed by atoms with van der Waals surface area (Å²) in [4.78, 5) is 0.0413. The Balaban J connectivity index is 2.55. The van der Waals surface area contributed by atoms with Crippen LogP contribution < -0.4 is 0 Å². The van der Waals surface area contributed by atoms with Crippen molar-refractivity contribution >= 4 is 17.0 Å². The van der Waals surface area contributed by atoms with E-state index in [1.807, 2.05) is 0 Å². The SMILES string of the molecule is [O-][N+](O)=C1C(O)c2ccsc2C1O. The van der Waals surface area contributed by atoms with Gasteiger partial charge in [0.25, 0.3) is 5.71 Å². The smallest absolute Gasteiger partial charge is 0.287 e. The van der Waals surface area contributed by atoms with Gasteiger partial charge in [0.2, 0.25) is 0 Å². The Hall–Kier alpha value is -1.11. The number of hydrogen-bond donors (Lipinski definition) is 3. The summed E-state index contributed by atoms with van der Waals surface area (Å²) in [5.74, 6) is 0. The fourth-order valence-corrected chi connectivity index (χ4v) is 2.36. The number of thiophene rings is 1. The summed E-state index contributed by atoms with van der Waals surface area (Å²) in [6, 6.07) is 1.62. The van der Waals surface area contributed by atoms with Crippen LogP contribution in [0.25, 0.3) is 0 Å². The lowest BCUT2D eigenvalue weighted by molar-refractivity contribution is -0.729. The van der Waals surface area contributed by atoms with E-state index in [9.17, 15) is 15.4 Å². The lowest BCUT2D eigenvalue weighted by Gasteiger charge is -2.02. The first-order valence-electron chi connectivity index (χ1n) is 3.59. The highest BCUT2D eigenvalue weighted by Gasteiger charge is 2.43. The molecular weight excluding hydrogens is 194 g/mol. The van der Waals surface area contributed by atoms with Gasteiger partial charge in [-0.15, -0.1) is 11.3 Å². The molecule has 0 aliphatic heterocycles. The van der Waals surface area contributed by atoms with E-state index >= 15 is 0 Å². The minimum atomic E-state index is -1.20. The van der Waals surface area contributed by atoms with Gasteiger partial charge in [0, 0.05) is 10.5 Å². The highest BCUT2D eigenvalue weighted by molar-refractivity contribution is 7.10. The second-order valence-corrected chi connectivity index (χ2v) is 3.69. The van der Waals surface area contributed by atoms with E-state index in [2.05, 4.69) is 0 Å². The molecule has 0 spiro atoms. The van der Waals surface area contributed by atoms with Crippen LogP contribution >= 0.6 is 11.3 Å². The Bertz CT molecular complexity index is 342. The fraction of sp³-hybridized carbons (Fsp3) is 0.286. The van der Waals surface area contributed by atoms with E-state index in [-0.39, 0.29) is 5.71 Å². The Kier molecular flexibility index (Phi) is 1.76. The first-order valence-corrected chi connectivity index (χ1v) is 4.47. The van der Waals surface area contributed by atoms with Crippen molar-refractivity contribution in [2.24, 2.45) is 0 Å². The Morgan fingerprint density at radius 3 is 2.62 bits per heavy atom. The van der Waals surface area contributed by atoms with Gasteiger partial charge in [0.15, 0.2) is 12.2 Å². The number of rotatable bonds is 0. The Morgan fingerprint density at radius 1 is 1.38 bits per heavy atom. The molecule has 6 heteroatoms. The average Bonchev–Trinajstić information content (AvgIpc) is 2.56. The van der Waals surface area contributed by atoms with Crippen LogP contribution in [0.3, 0.4) is 0 Å². The Labute approximate surface area is 77.4 Å². The molecule has 2 rings (SSSR count). The standard InChI is InChI=1S/C7H7NO4S/c9-5-3-1-2-13-7(3)6(10)4(5)8(11)12/h1-2,5-6,9-10H,(H,11,12). The number of nitrogens with zero attached hydrogens (tertiary/aromatic N) is 1. The predicted molar refractivity (Wildman–Crippen MR) is 44.7 cm³/mol. The summed E-state index contributed by atoms with van der Waals surface area (Å²) < 4.78 is 0. The van der Waals surface area contributed by atoms with Crippen LogP contribution in [-0.2, 0) is 0 Å². The molecule has 3 N–H and O–H groups in total. The van der Waals surface area contributed by atoms with Gasteiger partial charge < -0.3 is 15.4 Å². The van der Waals surface area contributed by atoms with Crippen LogP contribution in [0, 0.1) is 5.21 Å². The zero-order chi connectivity index (χ0) is 9.59. The molecule has 0 amide bonds. The molecule has 1 heterocycles. The number of fused-ring (bicyclic) bond motifs is 1. The van der Waals surface area contributed by atoms with Crippen molar-refractivity contribution < 1.29 is 20.3 Å². The molecule has 5 nitrogen and oxygen atoms in total. The number of aliphatic hydroxyl groups is 2. The molecule has 0 radical (unpaired) electrons. The van der Waals surface area contributed by atoms with E-state index in [1.165, 1.54) is 11.3 Å². The zero-order valence-electron chi connectivity index (χ0n) is 6.41. The second kappa shape index (κ2) is 2.69. The fourth-order valence-electron chi connectivity index (χ4n) is 1.43. The van der Waals surface area contributed by atoms with Gasteiger partial charge in [-0.3, -0.25) is 5.21 Å². The van der Waals surface area contributed by atoms with Gasteiger partial charge in [0.1, 0.15) is 0 Å². The van der Waals surface area contributed by atoms with E-state index in [0.29, 0.717) is 10.4 Å². The summed E-state index contributed by atoms with van der Waals surface area (Å²) >= 11 is 1.24. The molecule has 1 aromatic rings. The van der Waals surface area contributed by atoms with Crippen molar-refractivity contribution in [3.8, 4) is 0 Å². The molecule has 1 aliphatic rings. The third kappa shape index (κ3) is 1.03. The highest BCUT2D eigenvalue weighted by atomic mass is 32.1. The van der Waals surface area contributed by atoms with E-state index in [4.69, 9.17) is 5.21 Å². The lowest BCUT2D eigenvalue weighted by Crippen LogP contribution is -2.21. The van der Waals surface area contributed by atoms with Crippen molar-refractivity contribution in [1.29, 1.82) is 0 Å². The molecule has 0 saturated carbocycles. The van der Waals surface area contributed by atoms with Gasteiger partial charge in [-0.2, -0.15) is 0 Å². The third-order valence-electron chi connectivity index (χ3n) is 2.05. The highest BCUT2D eigenvalue weighted by Crippen LogP contribution is 2.39. The van der Waals surface area contributed by atoms with Crippen molar-refractivity contribution in [2.45, 2.75) is 12.2 Å².